The van der Waals surface area contributed by atoms with Crippen LogP contribution < -0.4 is 16.4 Å². The number of aromatic hydroxyl groups is 1. The molecule has 20 heavy (non-hydrogen) atoms. The number of amides is 1. The Balaban J connectivity index is 2.03. The van der Waals surface area contributed by atoms with Crippen molar-refractivity contribution in [1.82, 2.24) is 5.32 Å². The SMILES string of the molecule is C[N+]1(CC(=O)Nc2cc(Cl)c(N)cc2O)CCNCC1. The molecule has 1 amide bonds. The number of phenolic OH excluding ortho intramolecular Hbond substituents is 1. The van der Waals surface area contributed by atoms with E-state index in [0.717, 1.165) is 26.2 Å². The molecule has 0 unspecified atom stereocenters. The molecule has 0 aliphatic carbocycles. The average molecular weight is 300 g/mol. The first-order chi connectivity index (χ1) is 9.39. The lowest BCUT2D eigenvalue weighted by Gasteiger charge is -2.37. The summed E-state index contributed by atoms with van der Waals surface area (Å²) in [5.74, 6) is -0.228. The first-order valence-corrected chi connectivity index (χ1v) is 6.89. The molecule has 1 aromatic carbocycles. The highest BCUT2D eigenvalue weighted by atomic mass is 35.5. The summed E-state index contributed by atoms with van der Waals surface area (Å²) in [7, 11) is 2.05. The van der Waals surface area contributed by atoms with Crippen molar-refractivity contribution in [1.29, 1.82) is 0 Å². The van der Waals surface area contributed by atoms with Crippen LogP contribution in [0.5, 0.6) is 5.75 Å². The number of carbonyl (C=O) groups is 1. The standard InChI is InChI=1S/C13H19ClN4O2/c1-18(4-2-16-3-5-18)8-13(20)17-11-6-9(14)10(15)7-12(11)19/h6-7,16H,2-5,8,15H2,1H3,(H-,17,19,20)/p+1. The molecular formula is C13H20ClN4O2+. The predicted molar refractivity (Wildman–Crippen MR) is 79.8 cm³/mol. The molecule has 1 fully saturated rings. The number of nitrogens with zero attached hydrogens (tertiary/aromatic N) is 1. The van der Waals surface area contributed by atoms with Gasteiger partial charge in [-0.3, -0.25) is 4.79 Å². The zero-order valence-corrected chi connectivity index (χ0v) is 12.2. The Labute approximate surface area is 123 Å². The van der Waals surface area contributed by atoms with Crippen molar-refractivity contribution >= 4 is 28.9 Å². The number of likely N-dealkylation sites (N-methyl/N-ethyl adjacent to an activating group) is 1. The molecule has 1 aliphatic heterocycles. The van der Waals surface area contributed by atoms with Crippen molar-refractivity contribution in [3.05, 3.63) is 17.2 Å². The van der Waals surface area contributed by atoms with Crippen molar-refractivity contribution < 1.29 is 14.4 Å². The number of nitrogens with one attached hydrogen (secondary N) is 2. The van der Waals surface area contributed by atoms with Crippen LogP contribution >= 0.6 is 11.6 Å². The topological polar surface area (TPSA) is 87.4 Å². The Morgan fingerprint density at radius 3 is 2.80 bits per heavy atom. The monoisotopic (exact) mass is 299 g/mol. The normalized spacial score (nSPS) is 17.7. The van der Waals surface area contributed by atoms with Gasteiger partial charge >= 0.3 is 0 Å². The van der Waals surface area contributed by atoms with Crippen LogP contribution in [0.3, 0.4) is 0 Å². The van der Waals surface area contributed by atoms with E-state index in [0.29, 0.717) is 16.1 Å². The van der Waals surface area contributed by atoms with E-state index in [4.69, 9.17) is 17.3 Å². The molecule has 0 radical (unpaired) electrons. The van der Waals surface area contributed by atoms with E-state index in [9.17, 15) is 9.90 Å². The van der Waals surface area contributed by atoms with Gasteiger partial charge in [0.2, 0.25) is 0 Å². The number of nitrogen functional groups attached to an aromatic ring is 1. The third-order valence-electron chi connectivity index (χ3n) is 3.57. The number of rotatable bonds is 3. The molecular weight excluding hydrogens is 280 g/mol. The Morgan fingerprint density at radius 2 is 2.15 bits per heavy atom. The van der Waals surface area contributed by atoms with Crippen LogP contribution in [0.1, 0.15) is 0 Å². The van der Waals surface area contributed by atoms with E-state index in [1.807, 2.05) is 0 Å². The number of nitrogens with two attached hydrogens (primary N) is 1. The van der Waals surface area contributed by atoms with Gasteiger partial charge in [-0.15, -0.1) is 0 Å². The minimum atomic E-state index is -0.148. The van der Waals surface area contributed by atoms with Gasteiger partial charge in [0.15, 0.2) is 6.54 Å². The third kappa shape index (κ3) is 3.53. The van der Waals surface area contributed by atoms with E-state index < -0.39 is 0 Å². The highest BCUT2D eigenvalue weighted by molar-refractivity contribution is 6.33. The molecule has 0 atom stereocenters. The number of hydrogen-bond donors (Lipinski definition) is 4. The molecule has 110 valence electrons. The van der Waals surface area contributed by atoms with Crippen LogP contribution in [0.25, 0.3) is 0 Å². The molecule has 2 rings (SSSR count). The maximum atomic E-state index is 12.1. The van der Waals surface area contributed by atoms with Crippen molar-refractivity contribution in [2.45, 2.75) is 0 Å². The summed E-state index contributed by atoms with van der Waals surface area (Å²) in [6.45, 7) is 3.98. The van der Waals surface area contributed by atoms with Gasteiger partial charge in [0.25, 0.3) is 5.91 Å². The smallest absolute Gasteiger partial charge is 0.279 e. The number of halogens is 1. The first-order valence-electron chi connectivity index (χ1n) is 6.52. The Morgan fingerprint density at radius 1 is 1.50 bits per heavy atom. The van der Waals surface area contributed by atoms with Crippen LogP contribution in [-0.2, 0) is 4.79 Å². The fourth-order valence-corrected chi connectivity index (χ4v) is 2.47. The van der Waals surface area contributed by atoms with Crippen molar-refractivity contribution in [2.75, 3.05) is 50.8 Å². The van der Waals surface area contributed by atoms with Crippen LogP contribution in [0.2, 0.25) is 5.02 Å². The largest absolute Gasteiger partial charge is 0.506 e. The van der Waals surface area contributed by atoms with E-state index in [-0.39, 0.29) is 23.0 Å². The second-order valence-electron chi connectivity index (χ2n) is 5.41. The van der Waals surface area contributed by atoms with Gasteiger partial charge in [-0.2, -0.15) is 0 Å². The lowest BCUT2D eigenvalue weighted by atomic mass is 10.2. The predicted octanol–water partition coefficient (Wildman–Crippen LogP) is 0.616. The van der Waals surface area contributed by atoms with Gasteiger partial charge < -0.3 is 26.0 Å². The van der Waals surface area contributed by atoms with E-state index in [2.05, 4.69) is 17.7 Å². The maximum Gasteiger partial charge on any atom is 0.279 e. The van der Waals surface area contributed by atoms with Crippen molar-refractivity contribution in [2.24, 2.45) is 0 Å². The molecule has 1 aromatic rings. The Kier molecular flexibility index (Phi) is 4.37. The summed E-state index contributed by atoms with van der Waals surface area (Å²) in [5, 5.41) is 16.0. The summed E-state index contributed by atoms with van der Waals surface area (Å²) < 4.78 is 0.683. The number of quaternary nitrogens is 1. The van der Waals surface area contributed by atoms with Crippen LogP contribution in [0.4, 0.5) is 11.4 Å². The Hall–Kier alpha value is -1.50. The van der Waals surface area contributed by atoms with Gasteiger partial charge in [0, 0.05) is 19.2 Å². The van der Waals surface area contributed by atoms with Crippen molar-refractivity contribution in [3.63, 3.8) is 0 Å². The fraction of sp³-hybridized carbons (Fsp3) is 0.462. The maximum absolute atomic E-state index is 12.1. The second-order valence-corrected chi connectivity index (χ2v) is 5.82. The minimum Gasteiger partial charge on any atom is -0.506 e. The number of carbonyl (C=O) groups excluding carboxylic acids is 1. The van der Waals surface area contributed by atoms with Gasteiger partial charge in [0.1, 0.15) is 5.75 Å². The molecule has 1 saturated heterocycles. The summed E-state index contributed by atoms with van der Waals surface area (Å²) >= 11 is 5.89. The second kappa shape index (κ2) is 5.87. The average Bonchev–Trinajstić information content (AvgIpc) is 2.36. The van der Waals surface area contributed by atoms with Crippen LogP contribution in [0.15, 0.2) is 12.1 Å². The molecule has 0 bridgehead atoms. The molecule has 6 nitrogen and oxygen atoms in total. The van der Waals surface area contributed by atoms with E-state index in [1.165, 1.54) is 12.1 Å². The van der Waals surface area contributed by atoms with Crippen LogP contribution in [0, 0.1) is 0 Å². The summed E-state index contributed by atoms with van der Waals surface area (Å²) in [6.07, 6.45) is 0. The van der Waals surface area contributed by atoms with Gasteiger partial charge in [-0.25, -0.2) is 0 Å². The van der Waals surface area contributed by atoms with Gasteiger partial charge in [-0.1, -0.05) is 11.6 Å². The number of anilines is 2. The highest BCUT2D eigenvalue weighted by Gasteiger charge is 2.27. The van der Waals surface area contributed by atoms with Gasteiger partial charge in [0.05, 0.1) is 36.5 Å². The minimum absolute atomic E-state index is 0.0804. The number of piperazine rings is 1. The molecule has 0 saturated carbocycles. The zero-order chi connectivity index (χ0) is 14.8. The van der Waals surface area contributed by atoms with E-state index >= 15 is 0 Å². The quantitative estimate of drug-likeness (QED) is 0.374. The first kappa shape index (κ1) is 14.9. The Bertz CT molecular complexity index is 515. The van der Waals surface area contributed by atoms with Crippen LogP contribution in [-0.4, -0.2) is 55.3 Å². The zero-order valence-electron chi connectivity index (χ0n) is 11.4. The van der Waals surface area contributed by atoms with E-state index in [1.54, 1.807) is 0 Å². The summed E-state index contributed by atoms with van der Waals surface area (Å²) in [4.78, 5) is 12.1. The lowest BCUT2D eigenvalue weighted by molar-refractivity contribution is -0.903. The molecule has 0 aromatic heterocycles. The summed E-state index contributed by atoms with van der Waals surface area (Å²) in [5.41, 5.74) is 6.14. The number of hydrogen-bond acceptors (Lipinski definition) is 4. The molecule has 1 heterocycles. The fourth-order valence-electron chi connectivity index (χ4n) is 2.31. The van der Waals surface area contributed by atoms with Gasteiger partial charge in [-0.05, 0) is 6.07 Å². The summed E-state index contributed by atoms with van der Waals surface area (Å²) in [6, 6.07) is 2.79. The number of phenols is 1. The lowest BCUT2D eigenvalue weighted by Crippen LogP contribution is -2.58. The highest BCUT2D eigenvalue weighted by Crippen LogP contribution is 2.31. The molecule has 7 heteroatoms. The van der Waals surface area contributed by atoms with Crippen molar-refractivity contribution in [3.8, 4) is 5.75 Å². The molecule has 1 aliphatic rings. The molecule has 0 spiro atoms. The number of benzene rings is 1. The molecule has 5 N–H and O–H groups in total. The third-order valence-corrected chi connectivity index (χ3v) is 3.90.